The largest absolute Gasteiger partial charge is 0.481 e. The van der Waals surface area contributed by atoms with Gasteiger partial charge >= 0.3 is 12.0 Å². The first kappa shape index (κ1) is 29.3. The van der Waals surface area contributed by atoms with E-state index in [0.717, 1.165) is 22.5 Å². The summed E-state index contributed by atoms with van der Waals surface area (Å²) in [5.74, 6) is -2.48. The number of amides is 4. The lowest BCUT2D eigenvalue weighted by Crippen LogP contribution is -2.52. The number of carboxylic acid groups (broad SMARTS) is 1. The summed E-state index contributed by atoms with van der Waals surface area (Å²) in [7, 11) is 0. The number of aliphatic hydroxyl groups is 1. The Morgan fingerprint density at radius 1 is 1.12 bits per heavy atom. The van der Waals surface area contributed by atoms with E-state index in [1.165, 1.54) is 4.90 Å². The average Bonchev–Trinajstić information content (AvgIpc) is 3.43. The first-order valence-corrected chi connectivity index (χ1v) is 13.6. The van der Waals surface area contributed by atoms with E-state index in [0.29, 0.717) is 28.0 Å². The molecule has 2 heterocycles. The minimum absolute atomic E-state index is 0.0102. The van der Waals surface area contributed by atoms with Gasteiger partial charge in [-0.05, 0) is 35.7 Å². The van der Waals surface area contributed by atoms with E-state index in [4.69, 9.17) is 15.9 Å². The summed E-state index contributed by atoms with van der Waals surface area (Å²) in [4.78, 5) is 55.5. The Morgan fingerprint density at radius 2 is 1.79 bits per heavy atom. The Labute approximate surface area is 247 Å². The number of rotatable bonds is 9. The molecule has 0 aliphatic carbocycles. The SMILES string of the molecule is CC(=O)N(C(CC(=O)O)c1ccc2c(c1)CC(O)O2)N1C(=O)N(Cc2ccccc2)C(C)(c2ccc(C(=N)N)cc2)C1=O. The molecule has 1 saturated heterocycles. The molecule has 4 amide bonds. The highest BCUT2D eigenvalue weighted by Crippen LogP contribution is 2.42. The number of nitrogens with two attached hydrogens (primary N) is 1. The molecule has 0 radical (unpaired) electrons. The third kappa shape index (κ3) is 5.28. The molecule has 2 aliphatic rings. The second kappa shape index (κ2) is 11.2. The molecule has 5 N–H and O–H groups in total. The van der Waals surface area contributed by atoms with Crippen LogP contribution in [0.15, 0.2) is 72.8 Å². The van der Waals surface area contributed by atoms with Crippen LogP contribution in [0.25, 0.3) is 0 Å². The van der Waals surface area contributed by atoms with Crippen molar-refractivity contribution in [2.45, 2.75) is 51.1 Å². The smallest absolute Gasteiger partial charge is 0.347 e. The monoisotopic (exact) mass is 585 g/mol. The fourth-order valence-corrected chi connectivity index (χ4v) is 5.62. The van der Waals surface area contributed by atoms with Gasteiger partial charge in [0.1, 0.15) is 17.1 Å². The Hall–Kier alpha value is -5.23. The molecule has 222 valence electrons. The van der Waals surface area contributed by atoms with Gasteiger partial charge in [0, 0.05) is 31.0 Å². The van der Waals surface area contributed by atoms with Crippen molar-refractivity contribution in [2.75, 3.05) is 0 Å². The summed E-state index contributed by atoms with van der Waals surface area (Å²) in [6, 6.07) is 18.0. The van der Waals surface area contributed by atoms with Crippen molar-refractivity contribution in [1.29, 1.82) is 5.41 Å². The van der Waals surface area contributed by atoms with E-state index in [-0.39, 0.29) is 18.8 Å². The molecule has 2 aliphatic heterocycles. The standard InChI is InChI=1S/C31H31N5O7/c1-18(37)35(24(16-26(38)39)21-10-13-25-22(14-21)15-27(40)43-25)36-29(41)31(2,23-11-8-20(9-12-23)28(32)33)34(30(36)42)17-19-6-4-3-5-7-19/h3-14,24,27,40H,15-17H2,1-2H3,(H3,32,33)(H,38,39). The van der Waals surface area contributed by atoms with Gasteiger partial charge in [-0.2, -0.15) is 5.01 Å². The summed E-state index contributed by atoms with van der Waals surface area (Å²) in [6.07, 6.45) is -1.51. The molecule has 0 saturated carbocycles. The summed E-state index contributed by atoms with van der Waals surface area (Å²) < 4.78 is 5.35. The number of amidine groups is 1. The molecule has 0 aromatic heterocycles. The quantitative estimate of drug-likeness (QED) is 0.168. The molecule has 12 heteroatoms. The van der Waals surface area contributed by atoms with Crippen molar-refractivity contribution in [1.82, 2.24) is 14.9 Å². The number of fused-ring (bicyclic) bond motifs is 1. The van der Waals surface area contributed by atoms with E-state index < -0.39 is 48.1 Å². The first-order chi connectivity index (χ1) is 20.4. The number of ether oxygens (including phenoxy) is 1. The normalized spacial score (nSPS) is 20.0. The summed E-state index contributed by atoms with van der Waals surface area (Å²) in [5, 5.41) is 29.1. The van der Waals surface area contributed by atoms with E-state index in [9.17, 15) is 29.4 Å². The van der Waals surface area contributed by atoms with Crippen molar-refractivity contribution < 1.29 is 34.1 Å². The van der Waals surface area contributed by atoms with Crippen molar-refractivity contribution in [2.24, 2.45) is 5.73 Å². The zero-order valence-electron chi connectivity index (χ0n) is 23.6. The molecule has 0 bridgehead atoms. The van der Waals surface area contributed by atoms with Crippen LogP contribution in [-0.4, -0.2) is 61.1 Å². The molecular weight excluding hydrogens is 554 g/mol. The first-order valence-electron chi connectivity index (χ1n) is 13.6. The number of nitrogen functional groups attached to an aromatic ring is 1. The highest BCUT2D eigenvalue weighted by molar-refractivity contribution is 6.08. The van der Waals surface area contributed by atoms with Crippen LogP contribution in [0.2, 0.25) is 0 Å². The average molecular weight is 586 g/mol. The molecule has 43 heavy (non-hydrogen) atoms. The number of imide groups is 1. The molecular formula is C31H31N5O7. The Kier molecular flexibility index (Phi) is 7.63. The molecule has 3 aromatic carbocycles. The summed E-state index contributed by atoms with van der Waals surface area (Å²) in [6.45, 7) is 2.74. The Bertz CT molecular complexity index is 1610. The Balaban J connectivity index is 1.63. The summed E-state index contributed by atoms with van der Waals surface area (Å²) in [5.41, 5.74) is 6.53. The topological polar surface area (TPSA) is 178 Å². The number of aliphatic carboxylic acids is 1. The molecule has 3 unspecified atom stereocenters. The number of carbonyl (C=O) groups excluding carboxylic acids is 3. The second-order valence-electron chi connectivity index (χ2n) is 10.7. The van der Waals surface area contributed by atoms with Gasteiger partial charge in [0.2, 0.25) is 12.2 Å². The Morgan fingerprint density at radius 3 is 2.40 bits per heavy atom. The fourth-order valence-electron chi connectivity index (χ4n) is 5.62. The maximum Gasteiger partial charge on any atom is 0.347 e. The van der Waals surface area contributed by atoms with Crippen molar-refractivity contribution >= 4 is 29.7 Å². The molecule has 0 spiro atoms. The van der Waals surface area contributed by atoms with Gasteiger partial charge in [-0.3, -0.25) is 24.7 Å². The van der Waals surface area contributed by atoms with E-state index in [1.54, 1.807) is 73.7 Å². The van der Waals surface area contributed by atoms with Gasteiger partial charge in [0.15, 0.2) is 0 Å². The van der Waals surface area contributed by atoms with Crippen molar-refractivity contribution in [3.63, 3.8) is 0 Å². The van der Waals surface area contributed by atoms with Gasteiger partial charge in [-0.25, -0.2) is 9.80 Å². The number of carboxylic acids is 1. The molecule has 5 rings (SSSR count). The van der Waals surface area contributed by atoms with E-state index in [1.807, 2.05) is 6.07 Å². The third-order valence-corrected chi connectivity index (χ3v) is 7.83. The van der Waals surface area contributed by atoms with Gasteiger partial charge in [-0.1, -0.05) is 60.7 Å². The van der Waals surface area contributed by atoms with Crippen LogP contribution >= 0.6 is 0 Å². The predicted octanol–water partition coefficient (Wildman–Crippen LogP) is 2.88. The maximum atomic E-state index is 14.5. The maximum absolute atomic E-state index is 14.5. The van der Waals surface area contributed by atoms with E-state index >= 15 is 0 Å². The zero-order valence-corrected chi connectivity index (χ0v) is 23.6. The fraction of sp³-hybridized carbons (Fsp3) is 0.258. The molecule has 3 aromatic rings. The predicted molar refractivity (Wildman–Crippen MR) is 153 cm³/mol. The highest BCUT2D eigenvalue weighted by atomic mass is 16.6. The van der Waals surface area contributed by atoms with Crippen LogP contribution < -0.4 is 10.5 Å². The number of nitrogens with one attached hydrogen (secondary N) is 1. The number of benzene rings is 3. The van der Waals surface area contributed by atoms with Crippen molar-refractivity contribution in [3.8, 4) is 5.75 Å². The van der Waals surface area contributed by atoms with Crippen LogP contribution in [0.5, 0.6) is 5.75 Å². The van der Waals surface area contributed by atoms with Crippen LogP contribution in [0, 0.1) is 5.41 Å². The van der Waals surface area contributed by atoms with Crippen LogP contribution in [0.3, 0.4) is 0 Å². The zero-order chi connectivity index (χ0) is 31.1. The lowest BCUT2D eigenvalue weighted by Gasteiger charge is -2.35. The number of hydrogen-bond donors (Lipinski definition) is 4. The van der Waals surface area contributed by atoms with Gasteiger partial charge in [0.25, 0.3) is 5.91 Å². The lowest BCUT2D eigenvalue weighted by atomic mass is 9.89. The second-order valence-corrected chi connectivity index (χ2v) is 10.7. The van der Waals surface area contributed by atoms with Gasteiger partial charge in [0.05, 0.1) is 12.5 Å². The molecule has 12 nitrogen and oxygen atoms in total. The number of nitrogens with zero attached hydrogens (tertiary/aromatic N) is 3. The van der Waals surface area contributed by atoms with Crippen LogP contribution in [-0.2, 0) is 32.9 Å². The number of urea groups is 1. The van der Waals surface area contributed by atoms with Crippen LogP contribution in [0.1, 0.15) is 54.1 Å². The van der Waals surface area contributed by atoms with Gasteiger partial charge in [-0.15, -0.1) is 0 Å². The van der Waals surface area contributed by atoms with E-state index in [2.05, 4.69) is 0 Å². The summed E-state index contributed by atoms with van der Waals surface area (Å²) >= 11 is 0. The minimum Gasteiger partial charge on any atom is -0.481 e. The van der Waals surface area contributed by atoms with Gasteiger partial charge < -0.3 is 20.7 Å². The number of carbonyl (C=O) groups is 4. The lowest BCUT2D eigenvalue weighted by molar-refractivity contribution is -0.162. The molecule has 3 atom stereocenters. The van der Waals surface area contributed by atoms with Crippen LogP contribution in [0.4, 0.5) is 4.79 Å². The van der Waals surface area contributed by atoms with Crippen molar-refractivity contribution in [3.05, 3.63) is 101 Å². The minimum atomic E-state index is -1.61. The number of hydrazine groups is 1. The number of hydrogen-bond acceptors (Lipinski definition) is 7. The highest BCUT2D eigenvalue weighted by Gasteiger charge is 2.58. The number of aliphatic hydroxyl groups excluding tert-OH is 1. The molecule has 1 fully saturated rings. The third-order valence-electron chi connectivity index (χ3n) is 7.83.